The molecule has 7 nitrogen and oxygen atoms in total. The first-order chi connectivity index (χ1) is 10.5. The zero-order chi connectivity index (χ0) is 16.1. The van der Waals surface area contributed by atoms with Gasteiger partial charge in [-0.15, -0.1) is 0 Å². The number of phenols is 1. The van der Waals surface area contributed by atoms with Gasteiger partial charge >= 0.3 is 5.76 Å². The molecule has 3 rings (SSSR count). The summed E-state index contributed by atoms with van der Waals surface area (Å²) in [4.78, 5) is 34.3. The predicted octanol–water partition coefficient (Wildman–Crippen LogP) is 0.972. The van der Waals surface area contributed by atoms with E-state index in [4.69, 9.17) is 15.3 Å². The zero-order valence-corrected chi connectivity index (χ0v) is 11.3. The third-order valence-electron chi connectivity index (χ3n) is 2.72. The van der Waals surface area contributed by atoms with Gasteiger partial charge in [0.25, 0.3) is 11.5 Å². The van der Waals surface area contributed by atoms with Crippen LogP contribution in [0.1, 0.15) is 10.4 Å². The highest BCUT2D eigenvalue weighted by Crippen LogP contribution is 2.13. The lowest BCUT2D eigenvalue weighted by Gasteiger charge is -1.96. The van der Waals surface area contributed by atoms with Gasteiger partial charge in [-0.05, 0) is 24.3 Å². The second-order valence-corrected chi connectivity index (χ2v) is 4.22. The first-order valence-electron chi connectivity index (χ1n) is 6.19. The van der Waals surface area contributed by atoms with Crippen molar-refractivity contribution in [2.75, 3.05) is 0 Å². The molecule has 22 heavy (non-hydrogen) atoms. The van der Waals surface area contributed by atoms with Crippen molar-refractivity contribution in [2.45, 2.75) is 0 Å². The number of nitrogens with two attached hydrogens (primary N) is 1. The van der Waals surface area contributed by atoms with Crippen LogP contribution in [-0.4, -0.2) is 16.0 Å². The standard InChI is InChI=1S/C8H5NO3.C7H7NO2/c10-7-5-3-1-2-4-6(5)12-8(11)9-7;8-7(10)5-3-1-2-4-6(5)9/h1-4H,(H,9,10,11);1-4,9H,(H2,8,10). The lowest BCUT2D eigenvalue weighted by atomic mass is 10.2. The topological polar surface area (TPSA) is 126 Å². The molecule has 2 aromatic carbocycles. The van der Waals surface area contributed by atoms with Crippen molar-refractivity contribution in [3.63, 3.8) is 0 Å². The molecule has 0 saturated carbocycles. The Morgan fingerprint density at radius 2 is 1.68 bits per heavy atom. The van der Waals surface area contributed by atoms with Gasteiger partial charge in [-0.3, -0.25) is 14.6 Å². The zero-order valence-electron chi connectivity index (χ0n) is 11.3. The number of hydrogen-bond acceptors (Lipinski definition) is 5. The molecule has 0 saturated heterocycles. The van der Waals surface area contributed by atoms with Gasteiger partial charge in [0, 0.05) is 0 Å². The van der Waals surface area contributed by atoms with Crippen LogP contribution in [0.4, 0.5) is 0 Å². The summed E-state index contributed by atoms with van der Waals surface area (Å²) in [5.74, 6) is -1.41. The summed E-state index contributed by atoms with van der Waals surface area (Å²) in [5.41, 5.74) is 4.97. The first-order valence-corrected chi connectivity index (χ1v) is 6.19. The van der Waals surface area contributed by atoms with Crippen molar-refractivity contribution < 1.29 is 14.3 Å². The number of rotatable bonds is 1. The Balaban J connectivity index is 0.000000164. The monoisotopic (exact) mass is 300 g/mol. The molecule has 0 unspecified atom stereocenters. The molecule has 1 aromatic heterocycles. The molecule has 1 amide bonds. The molecule has 0 radical (unpaired) electrons. The number of H-pyrrole nitrogens is 1. The molecule has 0 fully saturated rings. The Morgan fingerprint density at radius 3 is 2.32 bits per heavy atom. The molecule has 3 aromatic rings. The third kappa shape index (κ3) is 3.40. The summed E-state index contributed by atoms with van der Waals surface area (Å²) >= 11 is 0. The van der Waals surface area contributed by atoms with Crippen molar-refractivity contribution in [2.24, 2.45) is 5.73 Å². The highest BCUT2D eigenvalue weighted by Gasteiger charge is 2.03. The van der Waals surface area contributed by atoms with Gasteiger partial charge in [-0.2, -0.15) is 0 Å². The number of aromatic nitrogens is 1. The normalized spacial score (nSPS) is 9.82. The highest BCUT2D eigenvalue weighted by molar-refractivity contribution is 5.95. The Labute approximate surface area is 123 Å². The highest BCUT2D eigenvalue weighted by atomic mass is 16.4. The number of nitrogens with one attached hydrogen (secondary N) is 1. The maximum Gasteiger partial charge on any atom is 0.419 e. The van der Waals surface area contributed by atoms with Crippen molar-refractivity contribution in [1.82, 2.24) is 4.98 Å². The molecular formula is C15H12N2O5. The molecule has 0 aliphatic carbocycles. The number of para-hydroxylation sites is 2. The number of amides is 1. The van der Waals surface area contributed by atoms with Crippen molar-refractivity contribution in [3.05, 3.63) is 75.0 Å². The lowest BCUT2D eigenvalue weighted by Crippen LogP contribution is -2.17. The summed E-state index contributed by atoms with van der Waals surface area (Å²) < 4.78 is 4.73. The van der Waals surface area contributed by atoms with Crippen molar-refractivity contribution in [1.29, 1.82) is 0 Å². The summed E-state index contributed by atoms with van der Waals surface area (Å²) in [6.07, 6.45) is 0. The summed E-state index contributed by atoms with van der Waals surface area (Å²) in [6, 6.07) is 12.7. The maximum absolute atomic E-state index is 11.1. The minimum Gasteiger partial charge on any atom is -0.507 e. The fourth-order valence-corrected chi connectivity index (χ4v) is 1.71. The molecule has 0 bridgehead atoms. The summed E-state index contributed by atoms with van der Waals surface area (Å²) in [7, 11) is 0. The predicted molar refractivity (Wildman–Crippen MR) is 79.7 cm³/mol. The van der Waals surface area contributed by atoms with E-state index >= 15 is 0 Å². The largest absolute Gasteiger partial charge is 0.507 e. The molecule has 7 heteroatoms. The number of primary amides is 1. The smallest absolute Gasteiger partial charge is 0.419 e. The van der Waals surface area contributed by atoms with E-state index < -0.39 is 17.2 Å². The van der Waals surface area contributed by atoms with Crippen LogP contribution in [0.15, 0.2) is 62.5 Å². The first kappa shape index (κ1) is 15.0. The van der Waals surface area contributed by atoms with Crippen LogP contribution in [0.2, 0.25) is 0 Å². The summed E-state index contributed by atoms with van der Waals surface area (Å²) in [5, 5.41) is 9.37. The number of hydrogen-bond donors (Lipinski definition) is 3. The fourth-order valence-electron chi connectivity index (χ4n) is 1.71. The Bertz CT molecular complexity index is 927. The molecular weight excluding hydrogens is 288 g/mol. The Morgan fingerprint density at radius 1 is 1.05 bits per heavy atom. The quantitative estimate of drug-likeness (QED) is 0.617. The number of benzene rings is 2. The maximum atomic E-state index is 11.1. The van der Waals surface area contributed by atoms with Gasteiger partial charge in [-0.1, -0.05) is 24.3 Å². The molecule has 1 heterocycles. The number of aromatic hydroxyl groups is 1. The average Bonchev–Trinajstić information content (AvgIpc) is 2.48. The van der Waals surface area contributed by atoms with Crippen LogP contribution in [0.25, 0.3) is 11.0 Å². The fraction of sp³-hybridized carbons (Fsp3) is 0. The molecule has 0 aliphatic heterocycles. The third-order valence-corrected chi connectivity index (χ3v) is 2.72. The van der Waals surface area contributed by atoms with Crippen LogP contribution in [-0.2, 0) is 0 Å². The van der Waals surface area contributed by atoms with E-state index in [-0.39, 0.29) is 11.3 Å². The molecule has 112 valence electrons. The molecule has 0 aliphatic rings. The van der Waals surface area contributed by atoms with Gasteiger partial charge in [0.1, 0.15) is 11.3 Å². The average molecular weight is 300 g/mol. The molecule has 0 atom stereocenters. The van der Waals surface area contributed by atoms with Crippen LogP contribution >= 0.6 is 0 Å². The second kappa shape index (κ2) is 6.40. The lowest BCUT2D eigenvalue weighted by molar-refractivity contribution is 0.0998. The van der Waals surface area contributed by atoms with Gasteiger partial charge in [0.2, 0.25) is 0 Å². The van der Waals surface area contributed by atoms with E-state index in [2.05, 4.69) is 0 Å². The number of carbonyl (C=O) groups is 1. The van der Waals surface area contributed by atoms with E-state index in [0.717, 1.165) is 0 Å². The van der Waals surface area contributed by atoms with E-state index in [1.54, 1.807) is 36.4 Å². The van der Waals surface area contributed by atoms with Crippen LogP contribution in [0, 0.1) is 0 Å². The number of carbonyl (C=O) groups excluding carboxylic acids is 1. The second-order valence-electron chi connectivity index (χ2n) is 4.22. The van der Waals surface area contributed by atoms with Gasteiger partial charge in [0.15, 0.2) is 0 Å². The SMILES string of the molecule is NC(=O)c1ccccc1O.O=c1[nH]c(=O)c2ccccc2o1. The van der Waals surface area contributed by atoms with Crippen molar-refractivity contribution >= 4 is 16.9 Å². The van der Waals surface area contributed by atoms with Gasteiger partial charge < -0.3 is 15.3 Å². The minimum atomic E-state index is -0.723. The van der Waals surface area contributed by atoms with E-state index in [1.807, 2.05) is 4.98 Å². The van der Waals surface area contributed by atoms with E-state index in [1.165, 1.54) is 12.1 Å². The Hall–Kier alpha value is -3.35. The van der Waals surface area contributed by atoms with E-state index in [9.17, 15) is 14.4 Å². The van der Waals surface area contributed by atoms with Gasteiger partial charge in [-0.25, -0.2) is 4.79 Å². The van der Waals surface area contributed by atoms with Crippen LogP contribution in [0.5, 0.6) is 5.75 Å². The van der Waals surface area contributed by atoms with Crippen LogP contribution in [0.3, 0.4) is 0 Å². The number of aromatic amines is 1. The van der Waals surface area contributed by atoms with E-state index in [0.29, 0.717) is 11.0 Å². The summed E-state index contributed by atoms with van der Waals surface area (Å²) in [6.45, 7) is 0. The number of fused-ring (bicyclic) bond motifs is 1. The van der Waals surface area contributed by atoms with Gasteiger partial charge in [0.05, 0.1) is 10.9 Å². The van der Waals surface area contributed by atoms with Crippen molar-refractivity contribution in [3.8, 4) is 5.75 Å². The molecule has 0 spiro atoms. The Kier molecular flexibility index (Phi) is 4.38. The van der Waals surface area contributed by atoms with Crippen LogP contribution < -0.4 is 17.0 Å². The molecule has 4 N–H and O–H groups in total. The minimum absolute atomic E-state index is 0.0741.